The number of hydrogen-bond acceptors (Lipinski definition) is 3. The Balaban J connectivity index is 0.00000186. The van der Waals surface area contributed by atoms with Crippen molar-refractivity contribution in [1.82, 2.24) is 4.98 Å². The molecular weight excluding hydrogens is 458 g/mol. The molecule has 1 saturated heterocycles. The Morgan fingerprint density at radius 1 is 1.03 bits per heavy atom. The normalized spacial score (nSPS) is 16.8. The fourth-order valence-electron chi connectivity index (χ4n) is 4.98. The number of hydrogen-bond donors (Lipinski definition) is 1. The lowest BCUT2D eigenvalue weighted by atomic mass is 9.70. The zero-order valence-electron chi connectivity index (χ0n) is 23.2. The summed E-state index contributed by atoms with van der Waals surface area (Å²) in [6, 6.07) is 19.3. The first-order chi connectivity index (χ1) is 17.8. The van der Waals surface area contributed by atoms with E-state index in [1.807, 2.05) is 26.0 Å². The first kappa shape index (κ1) is 28.3. The number of aliphatic carboxylic acids is 1. The average molecular weight is 500 g/mol. The van der Waals surface area contributed by atoms with Crippen molar-refractivity contribution < 1.29 is 14.6 Å². The molecular formula is C33H41NO3. The van der Waals surface area contributed by atoms with E-state index in [1.165, 1.54) is 22.3 Å². The van der Waals surface area contributed by atoms with Crippen molar-refractivity contribution in [1.29, 1.82) is 0 Å². The number of nitrogens with zero attached hydrogens (tertiary/aromatic N) is 1. The summed E-state index contributed by atoms with van der Waals surface area (Å²) in [6.07, 6.45) is 9.08. The predicted octanol–water partition coefficient (Wildman–Crippen LogP) is 8.01. The van der Waals surface area contributed by atoms with Crippen LogP contribution in [0.2, 0.25) is 0 Å². The molecule has 4 heteroatoms. The zero-order valence-corrected chi connectivity index (χ0v) is 23.2. The van der Waals surface area contributed by atoms with Gasteiger partial charge in [-0.3, -0.25) is 9.78 Å². The van der Waals surface area contributed by atoms with Gasteiger partial charge in [-0.2, -0.15) is 0 Å². The first-order valence-corrected chi connectivity index (χ1v) is 13.6. The molecule has 4 nitrogen and oxygen atoms in total. The summed E-state index contributed by atoms with van der Waals surface area (Å²) in [5, 5.41) is 8.97. The van der Waals surface area contributed by atoms with Crippen molar-refractivity contribution in [3.8, 4) is 11.3 Å². The molecule has 2 heterocycles. The zero-order chi connectivity index (χ0) is 27.1. The molecule has 0 bridgehead atoms. The second-order valence-corrected chi connectivity index (χ2v) is 9.60. The molecule has 1 N–H and O–H groups in total. The van der Waals surface area contributed by atoms with Crippen LogP contribution in [0.15, 0.2) is 66.9 Å². The van der Waals surface area contributed by atoms with E-state index in [0.29, 0.717) is 5.56 Å². The summed E-state index contributed by atoms with van der Waals surface area (Å²) in [7, 11) is 0. The Kier molecular flexibility index (Phi) is 9.45. The van der Waals surface area contributed by atoms with Gasteiger partial charge in [0.2, 0.25) is 0 Å². The van der Waals surface area contributed by atoms with Crippen LogP contribution in [-0.2, 0) is 21.4 Å². The molecule has 0 aliphatic carbocycles. The molecule has 1 fully saturated rings. The van der Waals surface area contributed by atoms with Crippen LogP contribution in [0.5, 0.6) is 0 Å². The van der Waals surface area contributed by atoms with Crippen molar-refractivity contribution in [2.75, 3.05) is 6.61 Å². The fraction of sp³-hybridized carbons (Fsp3) is 0.394. The highest BCUT2D eigenvalue weighted by Gasteiger charge is 2.39. The van der Waals surface area contributed by atoms with Crippen LogP contribution in [0.3, 0.4) is 0 Å². The molecule has 2 aromatic carbocycles. The van der Waals surface area contributed by atoms with E-state index in [4.69, 9.17) is 9.84 Å². The highest BCUT2D eigenvalue weighted by molar-refractivity contribution is 5.70. The van der Waals surface area contributed by atoms with Crippen LogP contribution in [0.4, 0.5) is 0 Å². The van der Waals surface area contributed by atoms with Gasteiger partial charge in [0.1, 0.15) is 5.60 Å². The maximum Gasteiger partial charge on any atom is 0.307 e. The van der Waals surface area contributed by atoms with E-state index < -0.39 is 5.97 Å². The number of carboxylic acids is 1. The summed E-state index contributed by atoms with van der Waals surface area (Å²) < 4.78 is 5.63. The molecule has 1 aromatic heterocycles. The third-order valence-corrected chi connectivity index (χ3v) is 7.62. The standard InChI is InChI=1S/C31H35NO3.C2H6/c1-5-30(21-35-30)17-16-24-9-14-27(18-22(24)4)31(6-2,7-3)26-12-10-25(11-13-26)28-15-8-23(20-32-28)19-29(33)34;1-2/h8-18,20H,5-7,19,21H2,1-4H3,(H,33,34);1-2H3/b17-16+;. The van der Waals surface area contributed by atoms with Crippen LogP contribution in [0.1, 0.15) is 81.7 Å². The van der Waals surface area contributed by atoms with Gasteiger partial charge in [0.05, 0.1) is 18.7 Å². The molecule has 1 aliphatic heterocycles. The lowest BCUT2D eigenvalue weighted by Crippen LogP contribution is -2.26. The summed E-state index contributed by atoms with van der Waals surface area (Å²) in [6.45, 7) is 13.7. The number of pyridine rings is 1. The topological polar surface area (TPSA) is 62.7 Å². The second kappa shape index (κ2) is 12.3. The molecule has 0 spiro atoms. The van der Waals surface area contributed by atoms with E-state index in [0.717, 1.165) is 37.1 Å². The largest absolute Gasteiger partial charge is 0.481 e. The average Bonchev–Trinajstić information content (AvgIpc) is 3.71. The van der Waals surface area contributed by atoms with E-state index in [2.05, 4.69) is 87.3 Å². The summed E-state index contributed by atoms with van der Waals surface area (Å²) in [5.74, 6) is -0.847. The van der Waals surface area contributed by atoms with Crippen LogP contribution in [0.25, 0.3) is 17.3 Å². The van der Waals surface area contributed by atoms with Gasteiger partial charge in [0, 0.05) is 17.2 Å². The van der Waals surface area contributed by atoms with E-state index in [1.54, 1.807) is 6.20 Å². The molecule has 1 unspecified atom stereocenters. The number of ether oxygens (including phenoxy) is 1. The minimum atomic E-state index is -0.847. The van der Waals surface area contributed by atoms with Crippen LogP contribution in [0, 0.1) is 6.92 Å². The van der Waals surface area contributed by atoms with Crippen LogP contribution >= 0.6 is 0 Å². The molecule has 1 aliphatic rings. The van der Waals surface area contributed by atoms with Gasteiger partial charge >= 0.3 is 5.97 Å². The highest BCUT2D eigenvalue weighted by atomic mass is 16.6. The lowest BCUT2D eigenvalue weighted by Gasteiger charge is -2.34. The Morgan fingerprint density at radius 2 is 1.68 bits per heavy atom. The number of benzene rings is 2. The highest BCUT2D eigenvalue weighted by Crippen LogP contribution is 2.40. The molecule has 3 aromatic rings. The molecule has 4 rings (SSSR count). The number of rotatable bonds is 10. The van der Waals surface area contributed by atoms with Gasteiger partial charge in [-0.15, -0.1) is 0 Å². The van der Waals surface area contributed by atoms with Gasteiger partial charge in [-0.05, 0) is 66.1 Å². The molecule has 0 saturated carbocycles. The number of carbonyl (C=O) groups is 1. The van der Waals surface area contributed by atoms with Crippen molar-refractivity contribution in [3.05, 3.63) is 94.7 Å². The fourth-order valence-corrected chi connectivity index (χ4v) is 4.98. The Hall–Kier alpha value is -3.24. The third kappa shape index (κ3) is 6.37. The Morgan fingerprint density at radius 3 is 2.16 bits per heavy atom. The lowest BCUT2D eigenvalue weighted by molar-refractivity contribution is -0.136. The number of aryl methyl sites for hydroxylation is 1. The van der Waals surface area contributed by atoms with Crippen molar-refractivity contribution in [3.63, 3.8) is 0 Å². The minimum absolute atomic E-state index is 0.0109. The monoisotopic (exact) mass is 499 g/mol. The van der Waals surface area contributed by atoms with E-state index in [9.17, 15) is 4.79 Å². The quantitative estimate of drug-likeness (QED) is 0.287. The molecule has 37 heavy (non-hydrogen) atoms. The molecule has 0 amide bonds. The van der Waals surface area contributed by atoms with Gasteiger partial charge < -0.3 is 9.84 Å². The van der Waals surface area contributed by atoms with Crippen LogP contribution < -0.4 is 0 Å². The SMILES string of the molecule is CC.CCC1(/C=C/c2ccc(C(CC)(CC)c3ccc(-c4ccc(CC(=O)O)cn4)cc3)cc2C)CO1. The van der Waals surface area contributed by atoms with Crippen molar-refractivity contribution >= 4 is 12.0 Å². The van der Waals surface area contributed by atoms with Gasteiger partial charge in [-0.25, -0.2) is 0 Å². The smallest absolute Gasteiger partial charge is 0.307 e. The number of aromatic nitrogens is 1. The van der Waals surface area contributed by atoms with E-state index in [-0.39, 0.29) is 17.4 Å². The number of carboxylic acid groups (broad SMARTS) is 1. The van der Waals surface area contributed by atoms with Crippen LogP contribution in [-0.4, -0.2) is 28.3 Å². The maximum atomic E-state index is 10.9. The minimum Gasteiger partial charge on any atom is -0.481 e. The first-order valence-electron chi connectivity index (χ1n) is 13.6. The summed E-state index contributed by atoms with van der Waals surface area (Å²) in [4.78, 5) is 15.4. The third-order valence-electron chi connectivity index (χ3n) is 7.62. The van der Waals surface area contributed by atoms with Gasteiger partial charge in [-0.1, -0.05) is 89.2 Å². The summed E-state index contributed by atoms with van der Waals surface area (Å²) >= 11 is 0. The molecule has 0 radical (unpaired) electrons. The molecule has 1 atom stereocenters. The Bertz CT molecular complexity index is 1200. The maximum absolute atomic E-state index is 10.9. The predicted molar refractivity (Wildman–Crippen MR) is 153 cm³/mol. The second-order valence-electron chi connectivity index (χ2n) is 9.60. The van der Waals surface area contributed by atoms with Gasteiger partial charge in [0.25, 0.3) is 0 Å². The number of epoxide rings is 1. The van der Waals surface area contributed by atoms with E-state index >= 15 is 0 Å². The van der Waals surface area contributed by atoms with Gasteiger partial charge in [0.15, 0.2) is 0 Å². The molecule has 196 valence electrons. The Labute approximate surface area is 222 Å². The summed E-state index contributed by atoms with van der Waals surface area (Å²) in [5.41, 5.74) is 7.63. The van der Waals surface area contributed by atoms with Crippen molar-refractivity contribution in [2.24, 2.45) is 0 Å². The van der Waals surface area contributed by atoms with Crippen molar-refractivity contribution in [2.45, 2.75) is 78.2 Å².